The highest BCUT2D eigenvalue weighted by molar-refractivity contribution is 5.14. The first-order valence-electron chi connectivity index (χ1n) is 3.97. The predicted molar refractivity (Wildman–Crippen MR) is 50.1 cm³/mol. The molecule has 0 fully saturated rings. The molecule has 0 heterocycles. The molecule has 0 amide bonds. The van der Waals surface area contributed by atoms with Crippen LogP contribution in [0.2, 0.25) is 0 Å². The minimum Gasteiger partial charge on any atom is -0.344 e. The topological polar surface area (TPSA) is 35.0 Å². The fourth-order valence-electron chi connectivity index (χ4n) is 1.03. The van der Waals surface area contributed by atoms with E-state index in [-0.39, 0.29) is 6.15 Å². The molecule has 0 unspecified atom stereocenters. The maximum atomic E-state index is 2.23. The number of hydrogen-bond donors (Lipinski definition) is 1. The van der Waals surface area contributed by atoms with Gasteiger partial charge >= 0.3 is 0 Å². The van der Waals surface area contributed by atoms with Gasteiger partial charge in [0.15, 0.2) is 0 Å². The highest BCUT2D eigenvalue weighted by Gasteiger charge is 1.87. The third kappa shape index (κ3) is 3.79. The van der Waals surface area contributed by atoms with E-state index in [0.717, 1.165) is 0 Å². The highest BCUT2D eigenvalue weighted by Crippen LogP contribution is 2.03. The number of hydrogen-bond acceptors (Lipinski definition) is 1. The summed E-state index contributed by atoms with van der Waals surface area (Å²) >= 11 is 0. The molecule has 1 aromatic carbocycles. The molecule has 0 aliphatic heterocycles. The van der Waals surface area contributed by atoms with Crippen molar-refractivity contribution in [3.05, 3.63) is 35.9 Å². The fourth-order valence-corrected chi connectivity index (χ4v) is 1.03. The summed E-state index contributed by atoms with van der Waals surface area (Å²) in [6.07, 6.45) is 3.83. The summed E-state index contributed by atoms with van der Waals surface area (Å²) in [4.78, 5) is 0. The molecule has 62 valence electrons. The van der Waals surface area contributed by atoms with Gasteiger partial charge in [-0.25, -0.2) is 0 Å². The Morgan fingerprint density at radius 3 is 2.27 bits per heavy atom. The third-order valence-electron chi connectivity index (χ3n) is 1.66. The summed E-state index contributed by atoms with van der Waals surface area (Å²) in [6, 6.07) is 10.6. The Balaban J connectivity index is 0.000001000. The van der Waals surface area contributed by atoms with E-state index < -0.39 is 0 Å². The van der Waals surface area contributed by atoms with Crippen molar-refractivity contribution >= 4 is 0 Å². The standard InChI is InChI=1S/C10H14.H3N/c1-2-3-7-10-8-5-4-6-9-10;/h4-6,8-9H,2-3,7H2,1H3;1H3/i;1-12. The monoisotopic (exact) mass is 139 g/mol. The lowest BCUT2D eigenvalue weighted by Crippen LogP contribution is -1.81. The van der Waals surface area contributed by atoms with Crippen LogP contribution >= 0.6 is 0 Å². The number of unbranched alkanes of at least 4 members (excludes halogenated alkanes) is 1. The van der Waals surface area contributed by atoms with Crippen molar-refractivity contribution in [3.8, 4) is 0 Å². The van der Waals surface area contributed by atoms with Crippen molar-refractivity contribution in [2.75, 3.05) is 0 Å². The van der Waals surface area contributed by atoms with Crippen LogP contribution in [0.25, 0.3) is 0 Å². The second-order valence-corrected chi connectivity index (χ2v) is 2.59. The molecule has 3 N–H and O–H groups in total. The quantitative estimate of drug-likeness (QED) is 0.685. The van der Waals surface area contributed by atoms with Gasteiger partial charge in [-0.3, -0.25) is 0 Å². The van der Waals surface area contributed by atoms with Crippen LogP contribution in [0.5, 0.6) is 0 Å². The minimum atomic E-state index is 0. The van der Waals surface area contributed by atoms with Crippen LogP contribution < -0.4 is 6.15 Å². The first-order valence-corrected chi connectivity index (χ1v) is 3.97. The van der Waals surface area contributed by atoms with Crippen molar-refractivity contribution in [1.29, 1.82) is 0 Å². The molecular weight excluding hydrogens is 122 g/mol. The Labute approximate surface area is 69.0 Å². The molecule has 11 heavy (non-hydrogen) atoms. The molecule has 0 spiro atoms. The van der Waals surface area contributed by atoms with Gasteiger partial charge in [0.1, 0.15) is 0 Å². The Hall–Kier alpha value is -0.820. The third-order valence-corrected chi connectivity index (χ3v) is 1.66. The van der Waals surface area contributed by atoms with Gasteiger partial charge in [0.05, 0.1) is 0 Å². The average Bonchev–Trinajstić information content (AvgIpc) is 2.03. The van der Waals surface area contributed by atoms with E-state index in [9.17, 15) is 0 Å². The van der Waals surface area contributed by atoms with Gasteiger partial charge < -0.3 is 6.15 Å². The van der Waals surface area contributed by atoms with Crippen LogP contribution in [0.15, 0.2) is 30.3 Å². The van der Waals surface area contributed by atoms with E-state index >= 15 is 0 Å². The zero-order valence-corrected chi connectivity index (χ0v) is 7.22. The normalized spacial score (nSPS) is 8.82. The molecule has 0 bridgehead atoms. The second-order valence-electron chi connectivity index (χ2n) is 2.59. The van der Waals surface area contributed by atoms with Gasteiger partial charge in [-0.15, -0.1) is 0 Å². The Bertz CT molecular complexity index is 169. The molecule has 1 rings (SSSR count). The van der Waals surface area contributed by atoms with Crippen molar-refractivity contribution in [2.45, 2.75) is 26.2 Å². The lowest BCUT2D eigenvalue weighted by Gasteiger charge is -1.96. The summed E-state index contributed by atoms with van der Waals surface area (Å²) in [5.74, 6) is 0. The molecule has 0 atom stereocenters. The Morgan fingerprint density at radius 1 is 1.09 bits per heavy atom. The Kier molecular flexibility index (Phi) is 5.49. The summed E-state index contributed by atoms with van der Waals surface area (Å²) < 4.78 is 0. The highest BCUT2D eigenvalue weighted by atomic mass is 13.9. The smallest absolute Gasteiger partial charge is 0.0279 e. The molecule has 0 saturated heterocycles. The minimum absolute atomic E-state index is 0. The van der Waals surface area contributed by atoms with E-state index in [0.29, 0.717) is 0 Å². The lowest BCUT2D eigenvalue weighted by atomic mass is 2.00. The summed E-state index contributed by atoms with van der Waals surface area (Å²) in [5, 5.41) is 0. The van der Waals surface area contributed by atoms with Crippen molar-refractivity contribution in [2.24, 2.45) is 0 Å². The molecular formula is C10H17N. The number of aryl methyl sites for hydroxylation is 1. The maximum Gasteiger partial charge on any atom is -0.0279 e. The van der Waals surface area contributed by atoms with E-state index in [2.05, 4.69) is 37.3 Å². The molecule has 1 nitrogen and oxygen atoms in total. The lowest BCUT2D eigenvalue weighted by molar-refractivity contribution is 0.795. The largest absolute Gasteiger partial charge is 0.344 e. The second kappa shape index (κ2) is 5.93. The van der Waals surface area contributed by atoms with Gasteiger partial charge in [-0.05, 0) is 18.4 Å². The SMILES string of the molecule is CCCCc1ccccc1.[2NH3]. The maximum absolute atomic E-state index is 2.23. The predicted octanol–water partition coefficient (Wildman–Crippen LogP) is 3.19. The van der Waals surface area contributed by atoms with Crippen molar-refractivity contribution < 1.29 is 0 Å². The first-order chi connectivity index (χ1) is 4.93. The molecule has 0 aromatic heterocycles. The first kappa shape index (κ1) is 10.2. The molecule has 0 saturated carbocycles. The van der Waals surface area contributed by atoms with Gasteiger partial charge in [0.25, 0.3) is 0 Å². The van der Waals surface area contributed by atoms with E-state index in [4.69, 9.17) is 0 Å². The molecule has 0 radical (unpaired) electrons. The summed E-state index contributed by atoms with van der Waals surface area (Å²) in [6.45, 7) is 2.23. The molecule has 1 aromatic rings. The summed E-state index contributed by atoms with van der Waals surface area (Å²) in [5.41, 5.74) is 1.46. The van der Waals surface area contributed by atoms with Gasteiger partial charge in [-0.1, -0.05) is 43.7 Å². The number of rotatable bonds is 3. The fraction of sp³-hybridized carbons (Fsp3) is 0.400. The molecule has 1 heteroatoms. The van der Waals surface area contributed by atoms with Crippen molar-refractivity contribution in [1.82, 2.24) is 6.15 Å². The van der Waals surface area contributed by atoms with Gasteiger partial charge in [-0.2, -0.15) is 0 Å². The number of benzene rings is 1. The van der Waals surface area contributed by atoms with Crippen LogP contribution in [-0.2, 0) is 6.42 Å². The zero-order valence-electron chi connectivity index (χ0n) is 7.22. The summed E-state index contributed by atoms with van der Waals surface area (Å²) in [7, 11) is 0. The zero-order chi connectivity index (χ0) is 7.23. The molecule has 0 aliphatic rings. The Morgan fingerprint density at radius 2 is 1.73 bits per heavy atom. The van der Waals surface area contributed by atoms with E-state index in [1.165, 1.54) is 24.8 Å². The van der Waals surface area contributed by atoms with E-state index in [1.54, 1.807) is 0 Å². The van der Waals surface area contributed by atoms with Gasteiger partial charge in [0, 0.05) is 0 Å². The van der Waals surface area contributed by atoms with Crippen LogP contribution in [0.4, 0.5) is 0 Å². The van der Waals surface area contributed by atoms with Crippen molar-refractivity contribution in [3.63, 3.8) is 0 Å². The average molecular weight is 139 g/mol. The van der Waals surface area contributed by atoms with Crippen LogP contribution in [0.1, 0.15) is 25.3 Å². The molecule has 0 aliphatic carbocycles. The van der Waals surface area contributed by atoms with E-state index in [1.807, 2.05) is 0 Å². The van der Waals surface area contributed by atoms with Crippen LogP contribution in [0.3, 0.4) is 0 Å². The van der Waals surface area contributed by atoms with Gasteiger partial charge in [0.2, 0.25) is 0 Å². The van der Waals surface area contributed by atoms with Crippen LogP contribution in [-0.4, -0.2) is 0 Å². The van der Waals surface area contributed by atoms with Crippen LogP contribution in [0, 0.1) is 0 Å².